The maximum atomic E-state index is 12.6. The number of hydrogen-bond donors (Lipinski definition) is 1. The van der Waals surface area contributed by atoms with Crippen LogP contribution in [0.3, 0.4) is 0 Å². The average Bonchev–Trinajstić information content (AvgIpc) is 2.72. The molecule has 0 aromatic carbocycles. The zero-order chi connectivity index (χ0) is 16.3. The van der Waals surface area contributed by atoms with Gasteiger partial charge in [-0.3, -0.25) is 14.3 Å². The second kappa shape index (κ2) is 7.13. The molecule has 1 aliphatic rings. The number of halogens is 1. The van der Waals surface area contributed by atoms with Gasteiger partial charge in [-0.25, -0.2) is 0 Å². The standard InChI is InChI=1S/C15H22ClN3O3/c1-10-15(16)11(2)19(17-10)9-13(20)18-8-4-3-5-12(18)6-7-14(21)22/h12H,3-9H2,1-2H3,(H,21,22). The molecule has 1 aromatic heterocycles. The number of aliphatic carboxylic acids is 1. The molecule has 7 heteroatoms. The van der Waals surface area contributed by atoms with Crippen molar-refractivity contribution in [3.8, 4) is 0 Å². The van der Waals surface area contributed by atoms with Crippen molar-refractivity contribution < 1.29 is 14.7 Å². The minimum Gasteiger partial charge on any atom is -0.481 e. The summed E-state index contributed by atoms with van der Waals surface area (Å²) in [6.07, 6.45) is 3.49. The van der Waals surface area contributed by atoms with Crippen molar-refractivity contribution in [2.75, 3.05) is 6.54 Å². The molecular weight excluding hydrogens is 306 g/mol. The smallest absolute Gasteiger partial charge is 0.303 e. The highest BCUT2D eigenvalue weighted by molar-refractivity contribution is 6.31. The number of carbonyl (C=O) groups is 2. The van der Waals surface area contributed by atoms with Gasteiger partial charge in [0.2, 0.25) is 5.91 Å². The third-order valence-corrected chi connectivity index (χ3v) is 4.76. The number of likely N-dealkylation sites (tertiary alicyclic amines) is 1. The van der Waals surface area contributed by atoms with Gasteiger partial charge in [-0.15, -0.1) is 0 Å². The van der Waals surface area contributed by atoms with Crippen LogP contribution in [0, 0.1) is 13.8 Å². The van der Waals surface area contributed by atoms with Crippen molar-refractivity contribution in [1.29, 1.82) is 0 Å². The normalized spacial score (nSPS) is 18.5. The van der Waals surface area contributed by atoms with Crippen molar-refractivity contribution in [3.05, 3.63) is 16.4 Å². The molecule has 1 aromatic rings. The van der Waals surface area contributed by atoms with Gasteiger partial charge in [-0.05, 0) is 39.5 Å². The Kier molecular flexibility index (Phi) is 5.45. The van der Waals surface area contributed by atoms with Crippen LogP contribution in [0.4, 0.5) is 0 Å². The third-order valence-electron chi connectivity index (χ3n) is 4.22. The van der Waals surface area contributed by atoms with Gasteiger partial charge in [-0.2, -0.15) is 5.10 Å². The van der Waals surface area contributed by atoms with E-state index in [9.17, 15) is 9.59 Å². The van der Waals surface area contributed by atoms with Gasteiger partial charge in [0, 0.05) is 19.0 Å². The van der Waals surface area contributed by atoms with Crippen molar-refractivity contribution in [1.82, 2.24) is 14.7 Å². The van der Waals surface area contributed by atoms with Crippen molar-refractivity contribution in [3.63, 3.8) is 0 Å². The molecule has 0 radical (unpaired) electrons. The minimum absolute atomic E-state index is 0.0163. The number of rotatable bonds is 5. The molecule has 0 saturated carbocycles. The SMILES string of the molecule is Cc1nn(CC(=O)N2CCCCC2CCC(=O)O)c(C)c1Cl. The van der Waals surface area contributed by atoms with Crippen LogP contribution in [0.1, 0.15) is 43.5 Å². The molecule has 1 aliphatic heterocycles. The Balaban J connectivity index is 2.05. The molecule has 0 spiro atoms. The van der Waals surface area contributed by atoms with Gasteiger partial charge in [0.1, 0.15) is 6.54 Å². The summed E-state index contributed by atoms with van der Waals surface area (Å²) in [4.78, 5) is 25.1. The summed E-state index contributed by atoms with van der Waals surface area (Å²) in [5.74, 6) is -0.833. The molecule has 1 atom stereocenters. The predicted octanol–water partition coefficient (Wildman–Crippen LogP) is 2.40. The van der Waals surface area contributed by atoms with Crippen LogP contribution < -0.4 is 0 Å². The first-order chi connectivity index (χ1) is 10.4. The lowest BCUT2D eigenvalue weighted by Crippen LogP contribution is -2.45. The number of amides is 1. The Morgan fingerprint density at radius 2 is 2.09 bits per heavy atom. The molecule has 122 valence electrons. The predicted molar refractivity (Wildman–Crippen MR) is 82.9 cm³/mol. The molecule has 6 nitrogen and oxygen atoms in total. The molecule has 2 rings (SSSR count). The summed E-state index contributed by atoms with van der Waals surface area (Å²) < 4.78 is 1.63. The van der Waals surface area contributed by atoms with Crippen molar-refractivity contribution >= 4 is 23.5 Å². The second-order valence-corrected chi connectivity index (χ2v) is 6.19. The summed E-state index contributed by atoms with van der Waals surface area (Å²) in [6, 6.07) is 0.0183. The van der Waals surface area contributed by atoms with Crippen LogP contribution in [0.15, 0.2) is 0 Å². The Bertz CT molecular complexity index is 571. The van der Waals surface area contributed by atoms with Crippen LogP contribution in [-0.2, 0) is 16.1 Å². The molecule has 1 saturated heterocycles. The van der Waals surface area contributed by atoms with Gasteiger partial charge in [0.15, 0.2) is 0 Å². The largest absolute Gasteiger partial charge is 0.481 e. The van der Waals surface area contributed by atoms with E-state index in [2.05, 4.69) is 5.10 Å². The number of carboxylic acids is 1. The monoisotopic (exact) mass is 327 g/mol. The fraction of sp³-hybridized carbons (Fsp3) is 0.667. The zero-order valence-electron chi connectivity index (χ0n) is 13.0. The maximum absolute atomic E-state index is 12.6. The van der Waals surface area contributed by atoms with Gasteiger partial charge < -0.3 is 10.0 Å². The maximum Gasteiger partial charge on any atom is 0.303 e. The highest BCUT2D eigenvalue weighted by Gasteiger charge is 2.27. The Morgan fingerprint density at radius 3 is 2.68 bits per heavy atom. The molecule has 1 unspecified atom stereocenters. The Morgan fingerprint density at radius 1 is 1.36 bits per heavy atom. The number of piperidine rings is 1. The Hall–Kier alpha value is -1.56. The third kappa shape index (κ3) is 3.80. The fourth-order valence-electron chi connectivity index (χ4n) is 2.97. The lowest BCUT2D eigenvalue weighted by molar-refractivity contribution is -0.140. The first-order valence-electron chi connectivity index (χ1n) is 7.61. The first kappa shape index (κ1) is 16.8. The summed E-state index contributed by atoms with van der Waals surface area (Å²) in [5.41, 5.74) is 1.50. The van der Waals surface area contributed by atoms with Gasteiger partial charge >= 0.3 is 5.97 Å². The van der Waals surface area contributed by atoms with Crippen molar-refractivity contribution in [2.45, 2.75) is 58.5 Å². The summed E-state index contributed by atoms with van der Waals surface area (Å²) in [5, 5.41) is 13.7. The molecule has 22 heavy (non-hydrogen) atoms. The van der Waals surface area contributed by atoms with E-state index >= 15 is 0 Å². The first-order valence-corrected chi connectivity index (χ1v) is 7.98. The van der Waals surface area contributed by atoms with E-state index < -0.39 is 5.97 Å². The fourth-order valence-corrected chi connectivity index (χ4v) is 3.10. The molecule has 1 N–H and O–H groups in total. The van der Waals surface area contributed by atoms with Crippen molar-refractivity contribution in [2.24, 2.45) is 0 Å². The number of hydrogen-bond acceptors (Lipinski definition) is 3. The topological polar surface area (TPSA) is 75.4 Å². The number of aryl methyl sites for hydroxylation is 1. The lowest BCUT2D eigenvalue weighted by atomic mass is 9.98. The van der Waals surface area contributed by atoms with Crippen LogP contribution in [0.2, 0.25) is 5.02 Å². The van der Waals surface area contributed by atoms with E-state index in [0.717, 1.165) is 25.0 Å². The van der Waals surface area contributed by atoms with Gasteiger partial charge in [-0.1, -0.05) is 11.6 Å². The highest BCUT2D eigenvalue weighted by atomic mass is 35.5. The van der Waals surface area contributed by atoms with Crippen LogP contribution >= 0.6 is 11.6 Å². The van der Waals surface area contributed by atoms with E-state index in [-0.39, 0.29) is 24.9 Å². The lowest BCUT2D eigenvalue weighted by Gasteiger charge is -2.35. The number of carboxylic acid groups (broad SMARTS) is 1. The molecule has 0 aliphatic carbocycles. The highest BCUT2D eigenvalue weighted by Crippen LogP contribution is 2.23. The molecule has 2 heterocycles. The van der Waals surface area contributed by atoms with Gasteiger partial charge in [0.25, 0.3) is 0 Å². The number of carbonyl (C=O) groups excluding carboxylic acids is 1. The molecular formula is C15H22ClN3O3. The van der Waals surface area contributed by atoms with E-state index in [4.69, 9.17) is 16.7 Å². The van der Waals surface area contributed by atoms with E-state index in [0.29, 0.717) is 23.7 Å². The Labute approximate surface area is 135 Å². The van der Waals surface area contributed by atoms with E-state index in [1.165, 1.54) is 0 Å². The van der Waals surface area contributed by atoms with Crippen LogP contribution in [-0.4, -0.2) is 44.3 Å². The summed E-state index contributed by atoms with van der Waals surface area (Å²) in [6.45, 7) is 4.50. The second-order valence-electron chi connectivity index (χ2n) is 5.81. The summed E-state index contributed by atoms with van der Waals surface area (Å²) >= 11 is 6.11. The zero-order valence-corrected chi connectivity index (χ0v) is 13.8. The molecule has 0 bridgehead atoms. The minimum atomic E-state index is -0.816. The number of nitrogens with zero attached hydrogens (tertiary/aromatic N) is 3. The van der Waals surface area contributed by atoms with E-state index in [1.54, 1.807) is 4.68 Å². The average molecular weight is 328 g/mol. The van der Waals surface area contributed by atoms with Crippen LogP contribution in [0.25, 0.3) is 0 Å². The summed E-state index contributed by atoms with van der Waals surface area (Å²) in [7, 11) is 0. The number of aromatic nitrogens is 2. The van der Waals surface area contributed by atoms with Gasteiger partial charge in [0.05, 0.1) is 16.4 Å². The quantitative estimate of drug-likeness (QED) is 0.901. The van der Waals surface area contributed by atoms with E-state index in [1.807, 2.05) is 18.7 Å². The molecule has 1 amide bonds. The molecule has 1 fully saturated rings. The van der Waals surface area contributed by atoms with Crippen LogP contribution in [0.5, 0.6) is 0 Å².